The van der Waals surface area contributed by atoms with Crippen molar-refractivity contribution >= 4 is 28.5 Å². The molecule has 1 aliphatic carbocycles. The number of nitrogens with zero attached hydrogens (tertiary/aromatic N) is 4. The number of nitrogens with two attached hydrogens (primary N) is 1. The molecule has 0 amide bonds. The zero-order chi connectivity index (χ0) is 24.5. The molecule has 2 heterocycles. The number of hydrogen-bond acceptors (Lipinski definition) is 8. The van der Waals surface area contributed by atoms with E-state index in [0.29, 0.717) is 35.2 Å². The number of ether oxygens (including phenoxy) is 2. The van der Waals surface area contributed by atoms with E-state index in [0.717, 1.165) is 37.3 Å². The quantitative estimate of drug-likeness (QED) is 0.601. The molecule has 0 bridgehead atoms. The molecule has 2 aliphatic rings. The second-order valence-electron chi connectivity index (χ2n) is 9.15. The van der Waals surface area contributed by atoms with Gasteiger partial charge in [0.25, 0.3) is 0 Å². The van der Waals surface area contributed by atoms with Gasteiger partial charge >= 0.3 is 0 Å². The van der Waals surface area contributed by atoms with E-state index < -0.39 is 0 Å². The van der Waals surface area contributed by atoms with Crippen LogP contribution in [0.1, 0.15) is 24.8 Å². The molecule has 2 unspecified atom stereocenters. The molecule has 1 aliphatic heterocycles. The van der Waals surface area contributed by atoms with Gasteiger partial charge in [0.05, 0.1) is 19.7 Å². The largest absolute Gasteiger partial charge is 0.493 e. The minimum atomic E-state index is 0.199. The Kier molecular flexibility index (Phi) is 6.19. The van der Waals surface area contributed by atoms with Crippen LogP contribution in [0.15, 0.2) is 54.2 Å². The number of piperazine rings is 1. The predicted molar refractivity (Wildman–Crippen MR) is 137 cm³/mol. The van der Waals surface area contributed by atoms with Crippen LogP contribution in [0.2, 0.25) is 0 Å². The van der Waals surface area contributed by atoms with E-state index in [-0.39, 0.29) is 17.6 Å². The lowest BCUT2D eigenvalue weighted by Crippen LogP contribution is -2.48. The lowest BCUT2D eigenvalue weighted by molar-refractivity contribution is -0.115. The van der Waals surface area contributed by atoms with Crippen LogP contribution >= 0.6 is 0 Å². The van der Waals surface area contributed by atoms with Crippen LogP contribution in [-0.4, -0.2) is 61.0 Å². The summed E-state index contributed by atoms with van der Waals surface area (Å²) >= 11 is 0. The van der Waals surface area contributed by atoms with Crippen molar-refractivity contribution in [1.82, 2.24) is 14.9 Å². The third-order valence-corrected chi connectivity index (χ3v) is 7.17. The van der Waals surface area contributed by atoms with Crippen LogP contribution in [-0.2, 0) is 4.79 Å². The first-order chi connectivity index (χ1) is 17.0. The standard InChI is InChI=1S/C27H31N5O3/c1-17-20(18-7-5-4-6-8-18)13-19(33)14-23(17)31-9-11-32(12-10-31)27-29-22-16-25(35-3)24(34-2)15-21(22)26(28)30-27/h4-8,14-17,20H,9-13H2,1-3H3,(H2,28,29,30). The number of rotatable bonds is 5. The van der Waals surface area contributed by atoms with E-state index >= 15 is 0 Å². The maximum absolute atomic E-state index is 12.6. The van der Waals surface area contributed by atoms with Gasteiger partial charge in [-0.05, 0) is 17.5 Å². The van der Waals surface area contributed by atoms with Crippen LogP contribution in [0.5, 0.6) is 11.5 Å². The highest BCUT2D eigenvalue weighted by atomic mass is 16.5. The van der Waals surface area contributed by atoms with Crippen LogP contribution in [0, 0.1) is 5.92 Å². The van der Waals surface area contributed by atoms with E-state index in [2.05, 4.69) is 33.8 Å². The molecule has 0 spiro atoms. The Bertz CT molecular complexity index is 1270. The fourth-order valence-electron chi connectivity index (χ4n) is 5.21. The second kappa shape index (κ2) is 9.44. The SMILES string of the molecule is COc1cc2nc(N3CCN(C4=CC(=O)CC(c5ccccc5)C4C)CC3)nc(N)c2cc1OC. The van der Waals surface area contributed by atoms with Gasteiger partial charge in [-0.3, -0.25) is 4.79 Å². The number of anilines is 2. The zero-order valence-electron chi connectivity index (χ0n) is 20.4. The van der Waals surface area contributed by atoms with Gasteiger partial charge in [-0.15, -0.1) is 0 Å². The molecule has 8 heteroatoms. The molecule has 1 saturated heterocycles. The van der Waals surface area contributed by atoms with Crippen molar-refractivity contribution in [3.63, 3.8) is 0 Å². The number of methoxy groups -OCH3 is 2. The molecule has 182 valence electrons. The number of ketones is 1. The van der Waals surface area contributed by atoms with Crippen molar-refractivity contribution in [3.05, 3.63) is 59.8 Å². The number of benzene rings is 2. The molecule has 0 saturated carbocycles. The molecule has 35 heavy (non-hydrogen) atoms. The van der Waals surface area contributed by atoms with Crippen LogP contribution in [0.4, 0.5) is 11.8 Å². The summed E-state index contributed by atoms with van der Waals surface area (Å²) in [7, 11) is 3.19. The van der Waals surface area contributed by atoms with Crippen molar-refractivity contribution in [2.24, 2.45) is 5.92 Å². The number of hydrogen-bond donors (Lipinski definition) is 1. The number of aromatic nitrogens is 2. The average molecular weight is 474 g/mol. The number of allylic oxidation sites excluding steroid dienone is 2. The Morgan fingerprint density at radius 1 is 0.943 bits per heavy atom. The van der Waals surface area contributed by atoms with Gasteiger partial charge in [0.2, 0.25) is 5.95 Å². The fraction of sp³-hybridized carbons (Fsp3) is 0.370. The van der Waals surface area contributed by atoms with Crippen molar-refractivity contribution in [3.8, 4) is 11.5 Å². The minimum absolute atomic E-state index is 0.199. The first-order valence-corrected chi connectivity index (χ1v) is 12.0. The first kappa shape index (κ1) is 23.0. The molecule has 3 aromatic rings. The molecular formula is C27H31N5O3. The summed E-state index contributed by atoms with van der Waals surface area (Å²) in [6, 6.07) is 14.0. The second-order valence-corrected chi connectivity index (χ2v) is 9.15. The van der Waals surface area contributed by atoms with Crippen molar-refractivity contribution in [2.75, 3.05) is 51.0 Å². The van der Waals surface area contributed by atoms with E-state index in [9.17, 15) is 4.79 Å². The summed E-state index contributed by atoms with van der Waals surface area (Å²) < 4.78 is 10.8. The summed E-state index contributed by atoms with van der Waals surface area (Å²) in [5.41, 5.74) is 9.37. The molecule has 8 nitrogen and oxygen atoms in total. The van der Waals surface area contributed by atoms with Crippen LogP contribution in [0.3, 0.4) is 0 Å². The highest BCUT2D eigenvalue weighted by Crippen LogP contribution is 2.39. The third kappa shape index (κ3) is 4.36. The zero-order valence-corrected chi connectivity index (χ0v) is 20.4. The lowest BCUT2D eigenvalue weighted by Gasteiger charge is -2.42. The van der Waals surface area contributed by atoms with Crippen molar-refractivity contribution in [1.29, 1.82) is 0 Å². The Balaban J connectivity index is 1.34. The van der Waals surface area contributed by atoms with Gasteiger partial charge < -0.3 is 25.0 Å². The van der Waals surface area contributed by atoms with Gasteiger partial charge in [-0.2, -0.15) is 4.98 Å². The molecule has 1 fully saturated rings. The molecular weight excluding hydrogens is 442 g/mol. The Labute approximate surface area is 205 Å². The van der Waals surface area contributed by atoms with Crippen LogP contribution < -0.4 is 20.1 Å². The molecule has 2 N–H and O–H groups in total. The minimum Gasteiger partial charge on any atom is -0.493 e. The van der Waals surface area contributed by atoms with Crippen LogP contribution in [0.25, 0.3) is 10.9 Å². The number of carbonyl (C=O) groups is 1. The monoisotopic (exact) mass is 473 g/mol. The van der Waals surface area contributed by atoms with E-state index in [4.69, 9.17) is 20.2 Å². The Hall–Kier alpha value is -3.81. The summed E-state index contributed by atoms with van der Waals surface area (Å²) in [6.07, 6.45) is 2.41. The Morgan fingerprint density at radius 3 is 2.29 bits per heavy atom. The summed E-state index contributed by atoms with van der Waals surface area (Å²) in [4.78, 5) is 26.5. The van der Waals surface area contributed by atoms with Crippen molar-refractivity contribution in [2.45, 2.75) is 19.3 Å². The van der Waals surface area contributed by atoms with E-state index in [1.165, 1.54) is 5.56 Å². The summed E-state index contributed by atoms with van der Waals surface area (Å²) in [5, 5.41) is 0.733. The van der Waals surface area contributed by atoms with E-state index in [1.807, 2.05) is 36.4 Å². The highest BCUT2D eigenvalue weighted by molar-refractivity contribution is 5.92. The summed E-state index contributed by atoms with van der Waals surface area (Å²) in [6.45, 7) is 5.30. The molecule has 1 aromatic heterocycles. The van der Waals surface area contributed by atoms with Gasteiger partial charge in [-0.25, -0.2) is 4.98 Å². The molecule has 2 aromatic carbocycles. The van der Waals surface area contributed by atoms with Gasteiger partial charge in [0.15, 0.2) is 17.3 Å². The normalized spacial score (nSPS) is 20.7. The predicted octanol–water partition coefficient (Wildman–Crippen LogP) is 3.63. The fourth-order valence-corrected chi connectivity index (χ4v) is 5.21. The molecule has 0 radical (unpaired) electrons. The maximum Gasteiger partial charge on any atom is 0.228 e. The smallest absolute Gasteiger partial charge is 0.228 e. The number of carbonyl (C=O) groups excluding carboxylic acids is 1. The maximum atomic E-state index is 12.6. The van der Waals surface area contributed by atoms with E-state index in [1.54, 1.807) is 14.2 Å². The molecule has 5 rings (SSSR count). The summed E-state index contributed by atoms with van der Waals surface area (Å²) in [5.74, 6) is 2.89. The topological polar surface area (TPSA) is 93.8 Å². The number of fused-ring (bicyclic) bond motifs is 1. The van der Waals surface area contributed by atoms with Gasteiger partial charge in [0, 0.05) is 61.7 Å². The number of nitrogen functional groups attached to an aromatic ring is 1. The van der Waals surface area contributed by atoms with Gasteiger partial charge in [0.1, 0.15) is 5.82 Å². The van der Waals surface area contributed by atoms with Gasteiger partial charge in [-0.1, -0.05) is 37.3 Å². The average Bonchev–Trinajstić information content (AvgIpc) is 2.89. The molecule has 2 atom stereocenters. The Morgan fingerprint density at radius 2 is 1.60 bits per heavy atom. The lowest BCUT2D eigenvalue weighted by atomic mass is 9.77. The van der Waals surface area contributed by atoms with Crippen molar-refractivity contribution < 1.29 is 14.3 Å². The third-order valence-electron chi connectivity index (χ3n) is 7.17. The highest BCUT2D eigenvalue weighted by Gasteiger charge is 2.33. The first-order valence-electron chi connectivity index (χ1n) is 12.0.